The Morgan fingerprint density at radius 3 is 1.77 bits per heavy atom. The van der Waals surface area contributed by atoms with E-state index in [4.69, 9.17) is 25.6 Å². The zero-order valence-electron chi connectivity index (χ0n) is 6.92. The largest absolute Gasteiger partial charge is 0.480 e. The molecule has 5 N–H and O–H groups in total. The summed E-state index contributed by atoms with van der Waals surface area (Å²) in [6, 6.07) is 0. The molecule has 0 aromatic carbocycles. The molecule has 0 rings (SSSR count). The fraction of sp³-hybridized carbons (Fsp3) is 0.833. The van der Waals surface area contributed by atoms with E-state index in [0.717, 1.165) is 0 Å². The number of carboxylic acids is 1. The first-order valence-electron chi connectivity index (χ1n) is 3.53. The molecule has 0 aliphatic rings. The number of carbonyl (C=O) groups is 1. The Morgan fingerprint density at radius 1 is 1.15 bits per heavy atom. The second-order valence-electron chi connectivity index (χ2n) is 2.65. The molecule has 78 valence electrons. The second-order valence-corrected chi connectivity index (χ2v) is 2.65. The number of hydroxylamine groups is 2. The summed E-state index contributed by atoms with van der Waals surface area (Å²) in [6.45, 7) is -3.03. The van der Waals surface area contributed by atoms with Gasteiger partial charge in [-0.3, -0.25) is 4.79 Å². The SMILES string of the molecule is O=C(O)CN(O)C(CO)(CO)CO. The molecule has 7 nitrogen and oxygen atoms in total. The Labute approximate surface area is 74.4 Å². The number of carboxylic acid groups (broad SMARTS) is 1. The normalized spacial score (nSPS) is 12.1. The van der Waals surface area contributed by atoms with Gasteiger partial charge in [0, 0.05) is 0 Å². The second kappa shape index (κ2) is 5.10. The van der Waals surface area contributed by atoms with Crippen LogP contribution in [0.15, 0.2) is 0 Å². The summed E-state index contributed by atoms with van der Waals surface area (Å²) in [4.78, 5) is 10.2. The Kier molecular flexibility index (Phi) is 4.81. The molecule has 7 heteroatoms. The van der Waals surface area contributed by atoms with Crippen LogP contribution in [-0.4, -0.2) is 68.6 Å². The average Bonchev–Trinajstić information content (AvgIpc) is 2.07. The lowest BCUT2D eigenvalue weighted by Crippen LogP contribution is -2.57. The van der Waals surface area contributed by atoms with Crippen molar-refractivity contribution in [2.75, 3.05) is 26.4 Å². The quantitative estimate of drug-likeness (QED) is 0.296. The Morgan fingerprint density at radius 2 is 1.54 bits per heavy atom. The topological polar surface area (TPSA) is 121 Å². The number of aliphatic hydroxyl groups excluding tert-OH is 3. The summed E-state index contributed by atoms with van der Waals surface area (Å²) in [5.41, 5.74) is -1.71. The number of aliphatic hydroxyl groups is 3. The van der Waals surface area contributed by atoms with Gasteiger partial charge in [-0.05, 0) is 0 Å². The molecule has 13 heavy (non-hydrogen) atoms. The van der Waals surface area contributed by atoms with Gasteiger partial charge in [0.1, 0.15) is 12.1 Å². The van der Waals surface area contributed by atoms with Crippen molar-refractivity contribution in [1.82, 2.24) is 5.06 Å². The van der Waals surface area contributed by atoms with E-state index in [1.807, 2.05) is 0 Å². The molecule has 0 aromatic heterocycles. The third kappa shape index (κ3) is 2.90. The van der Waals surface area contributed by atoms with E-state index in [0.29, 0.717) is 0 Å². The minimum atomic E-state index is -1.71. The molecule has 0 atom stereocenters. The van der Waals surface area contributed by atoms with Crippen LogP contribution >= 0.6 is 0 Å². The van der Waals surface area contributed by atoms with Crippen LogP contribution in [-0.2, 0) is 4.79 Å². The lowest BCUT2D eigenvalue weighted by Gasteiger charge is -2.34. The summed E-state index contributed by atoms with van der Waals surface area (Å²) in [5, 5.41) is 43.8. The number of hydrogen-bond donors (Lipinski definition) is 5. The van der Waals surface area contributed by atoms with Crippen molar-refractivity contribution in [1.29, 1.82) is 0 Å². The zero-order chi connectivity index (χ0) is 10.5. The monoisotopic (exact) mass is 195 g/mol. The van der Waals surface area contributed by atoms with E-state index in [2.05, 4.69) is 0 Å². The summed E-state index contributed by atoms with van der Waals surface area (Å²) in [5.74, 6) is -1.33. The number of nitrogens with zero attached hydrogens (tertiary/aromatic N) is 1. The highest BCUT2D eigenvalue weighted by molar-refractivity contribution is 5.69. The highest BCUT2D eigenvalue weighted by atomic mass is 16.5. The fourth-order valence-electron chi connectivity index (χ4n) is 0.691. The Balaban J connectivity index is 4.43. The van der Waals surface area contributed by atoms with Gasteiger partial charge in [0.05, 0.1) is 19.8 Å². The van der Waals surface area contributed by atoms with Crippen LogP contribution in [0, 0.1) is 0 Å². The lowest BCUT2D eigenvalue weighted by molar-refractivity contribution is -0.215. The van der Waals surface area contributed by atoms with Crippen molar-refractivity contribution in [3.05, 3.63) is 0 Å². The molecule has 0 amide bonds. The highest BCUT2D eigenvalue weighted by Gasteiger charge is 2.35. The van der Waals surface area contributed by atoms with Crippen molar-refractivity contribution < 1.29 is 30.4 Å². The summed E-state index contributed by atoms with van der Waals surface area (Å²) in [7, 11) is 0. The van der Waals surface area contributed by atoms with Crippen LogP contribution in [0.2, 0.25) is 0 Å². The maximum absolute atomic E-state index is 10.2. The number of rotatable bonds is 6. The molecule has 0 unspecified atom stereocenters. The zero-order valence-corrected chi connectivity index (χ0v) is 6.92. The van der Waals surface area contributed by atoms with Crippen molar-refractivity contribution >= 4 is 5.97 Å². The van der Waals surface area contributed by atoms with Gasteiger partial charge in [0.25, 0.3) is 0 Å². The van der Waals surface area contributed by atoms with Gasteiger partial charge in [0.15, 0.2) is 0 Å². The maximum atomic E-state index is 10.2. The molecule has 0 saturated heterocycles. The molecule has 0 radical (unpaired) electrons. The Hall–Kier alpha value is -0.730. The molecule has 0 heterocycles. The molecular formula is C6H13NO6. The minimum absolute atomic E-state index is 0.204. The highest BCUT2D eigenvalue weighted by Crippen LogP contribution is 2.10. The molecule has 0 aliphatic heterocycles. The predicted octanol–water partition coefficient (Wildman–Crippen LogP) is -2.52. The standard InChI is InChI=1S/C6H13NO6/c8-2-6(3-9,4-10)7(13)1-5(11)12/h8-10,13H,1-4H2,(H,11,12). The van der Waals surface area contributed by atoms with E-state index >= 15 is 0 Å². The van der Waals surface area contributed by atoms with Crippen LogP contribution in [0.4, 0.5) is 0 Å². The first-order valence-corrected chi connectivity index (χ1v) is 3.53. The van der Waals surface area contributed by atoms with Gasteiger partial charge in [-0.15, -0.1) is 0 Å². The van der Waals surface area contributed by atoms with Crippen molar-refractivity contribution in [2.24, 2.45) is 0 Å². The van der Waals surface area contributed by atoms with Crippen LogP contribution in [0.1, 0.15) is 0 Å². The van der Waals surface area contributed by atoms with E-state index in [9.17, 15) is 4.79 Å². The Bertz CT molecular complexity index is 160. The van der Waals surface area contributed by atoms with Gasteiger partial charge in [-0.2, -0.15) is 5.06 Å². The van der Waals surface area contributed by atoms with E-state index in [1.165, 1.54) is 0 Å². The molecule has 0 spiro atoms. The molecule has 0 bridgehead atoms. The van der Waals surface area contributed by atoms with Gasteiger partial charge < -0.3 is 25.6 Å². The summed E-state index contributed by atoms with van der Waals surface area (Å²) >= 11 is 0. The molecule has 0 saturated carbocycles. The van der Waals surface area contributed by atoms with Crippen molar-refractivity contribution in [2.45, 2.75) is 5.54 Å². The van der Waals surface area contributed by atoms with Gasteiger partial charge in [-0.25, -0.2) is 0 Å². The first-order chi connectivity index (χ1) is 6.02. The minimum Gasteiger partial charge on any atom is -0.480 e. The maximum Gasteiger partial charge on any atom is 0.320 e. The molecular weight excluding hydrogens is 182 g/mol. The van der Waals surface area contributed by atoms with E-state index in [1.54, 1.807) is 0 Å². The molecule has 0 fully saturated rings. The van der Waals surface area contributed by atoms with Gasteiger partial charge in [0.2, 0.25) is 0 Å². The smallest absolute Gasteiger partial charge is 0.320 e. The van der Waals surface area contributed by atoms with Crippen LogP contribution in [0.3, 0.4) is 0 Å². The third-order valence-corrected chi connectivity index (χ3v) is 1.72. The first kappa shape index (κ1) is 12.3. The summed E-state index contributed by atoms with van der Waals surface area (Å²) in [6.07, 6.45) is 0. The third-order valence-electron chi connectivity index (χ3n) is 1.72. The van der Waals surface area contributed by atoms with Gasteiger partial charge in [-0.1, -0.05) is 0 Å². The van der Waals surface area contributed by atoms with Crippen molar-refractivity contribution in [3.63, 3.8) is 0 Å². The van der Waals surface area contributed by atoms with E-state index < -0.39 is 37.9 Å². The lowest BCUT2D eigenvalue weighted by atomic mass is 10.0. The average molecular weight is 195 g/mol. The molecule has 0 aromatic rings. The van der Waals surface area contributed by atoms with Crippen LogP contribution in [0.25, 0.3) is 0 Å². The number of hydrogen-bond acceptors (Lipinski definition) is 6. The number of aliphatic carboxylic acids is 1. The summed E-state index contributed by atoms with van der Waals surface area (Å²) < 4.78 is 0. The van der Waals surface area contributed by atoms with Gasteiger partial charge >= 0.3 is 5.97 Å². The van der Waals surface area contributed by atoms with Crippen LogP contribution in [0.5, 0.6) is 0 Å². The van der Waals surface area contributed by atoms with Crippen LogP contribution < -0.4 is 0 Å². The predicted molar refractivity (Wildman–Crippen MR) is 40.1 cm³/mol. The fourth-order valence-corrected chi connectivity index (χ4v) is 0.691. The molecule has 0 aliphatic carbocycles. The van der Waals surface area contributed by atoms with Crippen molar-refractivity contribution in [3.8, 4) is 0 Å². The van der Waals surface area contributed by atoms with E-state index in [-0.39, 0.29) is 5.06 Å².